The van der Waals surface area contributed by atoms with Crippen molar-refractivity contribution >= 4 is 57.7 Å². The maximum atomic E-state index is 14.0. The van der Waals surface area contributed by atoms with Gasteiger partial charge in [0, 0.05) is 31.6 Å². The second-order valence-electron chi connectivity index (χ2n) is 17.6. The summed E-state index contributed by atoms with van der Waals surface area (Å²) in [5.41, 5.74) is 1.61. The number of β-amino-alcohol motifs (C(OH)–C–C–N with tert-alkyl or cyclic N) is 1. The van der Waals surface area contributed by atoms with Crippen LogP contribution in [0.5, 0.6) is 5.75 Å². The summed E-state index contributed by atoms with van der Waals surface area (Å²) in [5.74, 6) is -2.36. The highest BCUT2D eigenvalue weighted by Crippen LogP contribution is 2.43. The Bertz CT molecular complexity index is 2460. The van der Waals surface area contributed by atoms with Gasteiger partial charge in [-0.05, 0) is 79.3 Å². The smallest absolute Gasteiger partial charge is 0.417 e. The number of rotatable bonds is 15. The standard InChI is InChI=1S/C47H51F3N6O7S2/c1-27-39(65-26-53-27)29-9-7-28(8-10-29)24-52-42(60)36-22-33(57)25-55(36)43(61)40(45(2,3)4)54-37(58)17-18-62-19-20-63-34-15-13-32(14-16-34)56-44(64)38(41(59)46(56,5)6)30-11-12-31(23-51)35(21-30)47(48,49)50/h7-16,21,26,33,36,38,40,57H,17-20,22,24-25H2,1-6H3,(H,52,60)(H,54,58)/t33-,36+,38?,40-/m1/s1. The highest BCUT2D eigenvalue weighted by atomic mass is 32.1. The Labute approximate surface area is 384 Å². The number of carbonyl (C=O) groups excluding carboxylic acids is 4. The largest absolute Gasteiger partial charge is 0.491 e. The SMILES string of the molecule is Cc1ncsc1-c1ccc(CNC(=O)[C@@H]2C[C@@H](O)CN2C(=O)[C@@H](NC(=O)CCOCCOc2ccc(N3C(=S)C(c4ccc(C#N)c(C(F)(F)F)c4)C(=O)C3(C)C)cc2)C(C)(C)C)cc1. The molecule has 3 heterocycles. The number of aliphatic hydroxyl groups is 1. The number of aliphatic hydroxyl groups excluding tert-OH is 1. The molecule has 13 nitrogen and oxygen atoms in total. The van der Waals surface area contributed by atoms with E-state index in [2.05, 4.69) is 15.6 Å². The summed E-state index contributed by atoms with van der Waals surface area (Å²) in [6.07, 6.45) is -5.69. The molecule has 3 aromatic carbocycles. The molecule has 0 radical (unpaired) electrons. The molecule has 0 spiro atoms. The van der Waals surface area contributed by atoms with Gasteiger partial charge >= 0.3 is 6.18 Å². The van der Waals surface area contributed by atoms with Crippen LogP contribution in [0.2, 0.25) is 0 Å². The van der Waals surface area contributed by atoms with Crippen molar-refractivity contribution in [3.05, 3.63) is 100 Å². The summed E-state index contributed by atoms with van der Waals surface area (Å²) >= 11 is 7.24. The fourth-order valence-corrected chi connectivity index (χ4v) is 9.38. The highest BCUT2D eigenvalue weighted by Gasteiger charge is 2.52. The Morgan fingerprint density at radius 3 is 2.35 bits per heavy atom. The van der Waals surface area contributed by atoms with Crippen LogP contribution in [0.3, 0.4) is 0 Å². The van der Waals surface area contributed by atoms with E-state index in [0.29, 0.717) is 11.4 Å². The third-order valence-corrected chi connectivity index (χ3v) is 12.9. The first-order valence-corrected chi connectivity index (χ1v) is 22.3. The van der Waals surface area contributed by atoms with Gasteiger partial charge in [-0.1, -0.05) is 63.3 Å². The van der Waals surface area contributed by atoms with Crippen LogP contribution in [0.15, 0.2) is 72.2 Å². The number of ketones is 1. The maximum absolute atomic E-state index is 14.0. The number of thiazole rings is 1. The minimum atomic E-state index is -4.79. The Kier molecular flexibility index (Phi) is 14.8. The van der Waals surface area contributed by atoms with E-state index in [1.165, 1.54) is 11.0 Å². The molecule has 0 bridgehead atoms. The molecule has 0 aliphatic carbocycles. The van der Waals surface area contributed by atoms with Crippen molar-refractivity contribution < 1.29 is 46.9 Å². The predicted molar refractivity (Wildman–Crippen MR) is 242 cm³/mol. The number of nitrogens with zero attached hydrogens (tertiary/aromatic N) is 4. The Morgan fingerprint density at radius 1 is 1.05 bits per heavy atom. The summed E-state index contributed by atoms with van der Waals surface area (Å²) in [6, 6.07) is 17.3. The van der Waals surface area contributed by atoms with Crippen molar-refractivity contribution in [1.29, 1.82) is 5.26 Å². The minimum absolute atomic E-state index is 0.0256. The number of ether oxygens (including phenoxy) is 2. The van der Waals surface area contributed by atoms with Gasteiger partial charge in [-0.3, -0.25) is 19.2 Å². The van der Waals surface area contributed by atoms with E-state index in [4.69, 9.17) is 21.7 Å². The molecule has 2 saturated heterocycles. The lowest BCUT2D eigenvalue weighted by Crippen LogP contribution is -2.57. The van der Waals surface area contributed by atoms with Gasteiger partial charge in [0.1, 0.15) is 24.4 Å². The normalized spacial score (nSPS) is 18.9. The molecule has 2 aliphatic rings. The molecule has 0 saturated carbocycles. The third kappa shape index (κ3) is 11.0. The molecule has 4 atom stereocenters. The first-order valence-electron chi connectivity index (χ1n) is 21.0. The number of benzene rings is 3. The van der Waals surface area contributed by atoms with Gasteiger partial charge in [0.25, 0.3) is 0 Å². The number of carbonyl (C=O) groups is 4. The molecule has 344 valence electrons. The molecule has 4 aromatic rings. The molecule has 3 N–H and O–H groups in total. The summed E-state index contributed by atoms with van der Waals surface area (Å²) in [4.78, 5) is 62.6. The van der Waals surface area contributed by atoms with E-state index in [9.17, 15) is 42.7 Å². The average Bonchev–Trinajstić information content (AvgIpc) is 3.92. The number of hydrogen-bond donors (Lipinski definition) is 3. The van der Waals surface area contributed by atoms with Crippen molar-refractivity contribution in [1.82, 2.24) is 20.5 Å². The van der Waals surface area contributed by atoms with Crippen molar-refractivity contribution in [2.24, 2.45) is 5.41 Å². The molecule has 2 aliphatic heterocycles. The molecule has 2 fully saturated rings. The minimum Gasteiger partial charge on any atom is -0.491 e. The van der Waals surface area contributed by atoms with E-state index in [1.807, 2.05) is 31.2 Å². The highest BCUT2D eigenvalue weighted by molar-refractivity contribution is 7.80. The van der Waals surface area contributed by atoms with Crippen molar-refractivity contribution in [3.63, 3.8) is 0 Å². The van der Waals surface area contributed by atoms with Crippen LogP contribution in [0.4, 0.5) is 18.9 Å². The van der Waals surface area contributed by atoms with E-state index < -0.39 is 70.1 Å². The molecular formula is C47H51F3N6O7S2. The lowest BCUT2D eigenvalue weighted by atomic mass is 9.85. The first kappa shape index (κ1) is 48.7. The number of nitrogens with one attached hydrogen (secondary N) is 2. The monoisotopic (exact) mass is 932 g/mol. The number of aryl methyl sites for hydroxylation is 1. The second kappa shape index (κ2) is 19.8. The quantitative estimate of drug-likeness (QED) is 0.0838. The van der Waals surface area contributed by atoms with Crippen LogP contribution in [0.25, 0.3) is 10.4 Å². The molecular weight excluding hydrogens is 882 g/mol. The van der Waals surface area contributed by atoms with E-state index >= 15 is 0 Å². The summed E-state index contributed by atoms with van der Waals surface area (Å²) < 4.78 is 52.7. The fourth-order valence-electron chi connectivity index (χ4n) is 7.99. The lowest BCUT2D eigenvalue weighted by molar-refractivity contribution is -0.144. The molecule has 1 unspecified atom stereocenters. The first-order chi connectivity index (χ1) is 30.6. The van der Waals surface area contributed by atoms with Crippen LogP contribution >= 0.6 is 23.6 Å². The maximum Gasteiger partial charge on any atom is 0.417 e. The number of hydrogen-bond acceptors (Lipinski definition) is 11. The van der Waals surface area contributed by atoms with Gasteiger partial charge in [0.2, 0.25) is 17.7 Å². The van der Waals surface area contributed by atoms with E-state index in [-0.39, 0.29) is 62.1 Å². The van der Waals surface area contributed by atoms with Crippen LogP contribution < -0.4 is 20.3 Å². The molecule has 65 heavy (non-hydrogen) atoms. The molecule has 1 aromatic heterocycles. The van der Waals surface area contributed by atoms with E-state index in [1.54, 1.807) is 86.7 Å². The number of likely N-dealkylation sites (tertiary alicyclic amines) is 1. The Balaban J connectivity index is 0.965. The van der Waals surface area contributed by atoms with Crippen molar-refractivity contribution in [3.8, 4) is 22.3 Å². The van der Waals surface area contributed by atoms with Crippen LogP contribution in [0.1, 0.15) is 81.3 Å². The number of anilines is 1. The van der Waals surface area contributed by atoms with Crippen molar-refractivity contribution in [2.75, 3.05) is 31.3 Å². The van der Waals surface area contributed by atoms with Gasteiger partial charge < -0.3 is 35.0 Å². The zero-order valence-corrected chi connectivity index (χ0v) is 38.5. The lowest BCUT2D eigenvalue weighted by Gasteiger charge is -2.35. The van der Waals surface area contributed by atoms with E-state index in [0.717, 1.165) is 33.8 Å². The third-order valence-electron chi connectivity index (χ3n) is 11.5. The fraction of sp³-hybridized carbons (Fsp3) is 0.426. The number of alkyl halides is 3. The topological polar surface area (TPSA) is 174 Å². The summed E-state index contributed by atoms with van der Waals surface area (Å²) in [5, 5.41) is 25.5. The number of halogens is 3. The van der Waals surface area contributed by atoms with Gasteiger partial charge in [-0.2, -0.15) is 18.4 Å². The average molecular weight is 933 g/mol. The Hall–Kier alpha value is -5.74. The van der Waals surface area contributed by atoms with Crippen molar-refractivity contribution in [2.45, 2.75) is 96.7 Å². The zero-order valence-electron chi connectivity index (χ0n) is 36.8. The Morgan fingerprint density at radius 2 is 1.74 bits per heavy atom. The van der Waals surface area contributed by atoms with Gasteiger partial charge in [0.15, 0.2) is 5.78 Å². The van der Waals surface area contributed by atoms with Crippen LogP contribution in [-0.2, 0) is 36.6 Å². The molecule has 18 heteroatoms. The number of Topliss-reactive ketones (excluding diaryl/α,β-unsaturated/α-hetero) is 1. The van der Waals surface area contributed by atoms with Gasteiger partial charge in [-0.15, -0.1) is 11.3 Å². The van der Waals surface area contributed by atoms with Gasteiger partial charge in [-0.25, -0.2) is 4.98 Å². The van der Waals surface area contributed by atoms with Crippen LogP contribution in [-0.4, -0.2) is 93.6 Å². The molecule has 6 rings (SSSR count). The summed E-state index contributed by atoms with van der Waals surface area (Å²) in [6.45, 7) is 11.1. The number of aromatic nitrogens is 1. The second-order valence-corrected chi connectivity index (χ2v) is 18.9. The zero-order chi connectivity index (χ0) is 47.4. The number of amides is 3. The molecule has 3 amide bonds. The number of nitriles is 1. The predicted octanol–water partition coefficient (Wildman–Crippen LogP) is 6.88. The van der Waals surface area contributed by atoms with Crippen LogP contribution in [0, 0.1) is 23.7 Å². The summed E-state index contributed by atoms with van der Waals surface area (Å²) in [7, 11) is 0. The van der Waals surface area contributed by atoms with Gasteiger partial charge in [0.05, 0.1) is 69.0 Å². The number of thiocarbonyl (C=S) groups is 1.